The third-order valence-corrected chi connectivity index (χ3v) is 3.44. The van der Waals surface area contributed by atoms with Gasteiger partial charge in [-0.25, -0.2) is 0 Å². The van der Waals surface area contributed by atoms with Gasteiger partial charge in [-0.1, -0.05) is 11.6 Å². The third-order valence-electron chi connectivity index (χ3n) is 2.17. The summed E-state index contributed by atoms with van der Waals surface area (Å²) in [5, 5.41) is 3.55. The highest BCUT2D eigenvalue weighted by molar-refractivity contribution is 7.99. The molecule has 0 saturated heterocycles. The molecule has 1 aromatic rings. The monoisotopic (exact) mass is 308 g/mol. The molecule has 0 aliphatic carbocycles. The highest BCUT2D eigenvalue weighted by Gasteiger charge is 2.05. The second-order valence-corrected chi connectivity index (χ2v) is 5.36. The van der Waals surface area contributed by atoms with E-state index in [0.29, 0.717) is 13.0 Å². The summed E-state index contributed by atoms with van der Waals surface area (Å²) in [4.78, 5) is 12.6. The Labute approximate surface area is 123 Å². The number of rotatable bonds is 6. The van der Waals surface area contributed by atoms with Crippen molar-refractivity contribution < 1.29 is 4.79 Å². The quantitative estimate of drug-likeness (QED) is 0.795. The van der Waals surface area contributed by atoms with Crippen LogP contribution in [0.4, 0.5) is 0 Å². The number of carbonyl (C=O) groups is 1. The number of thioether (sulfide) groups is 1. The fourth-order valence-corrected chi connectivity index (χ4v) is 2.18. The summed E-state index contributed by atoms with van der Waals surface area (Å²) >= 11 is 7.43. The number of benzene rings is 1. The van der Waals surface area contributed by atoms with Crippen molar-refractivity contribution in [3.63, 3.8) is 0 Å². The average molecular weight is 309 g/mol. The number of carbonyl (C=O) groups excluding carboxylic acids is 1. The molecule has 0 bridgehead atoms. The molecular weight excluding hydrogens is 291 g/mol. The van der Waals surface area contributed by atoms with E-state index >= 15 is 0 Å². The Morgan fingerprint density at radius 3 is 2.61 bits per heavy atom. The fourth-order valence-electron chi connectivity index (χ4n) is 1.20. The Hall–Kier alpha value is -0.420. The SMILES string of the molecule is C[C@@H](CN)NC(=O)CCSc1ccc(Cl)cc1.Cl. The van der Waals surface area contributed by atoms with Gasteiger partial charge < -0.3 is 11.1 Å². The maximum atomic E-state index is 11.5. The molecule has 0 fully saturated rings. The zero-order valence-electron chi connectivity index (χ0n) is 10.2. The number of hydrogen-bond donors (Lipinski definition) is 2. The van der Waals surface area contributed by atoms with Crippen LogP contribution in [0, 0.1) is 0 Å². The van der Waals surface area contributed by atoms with E-state index in [1.54, 1.807) is 11.8 Å². The lowest BCUT2D eigenvalue weighted by molar-refractivity contribution is -0.121. The van der Waals surface area contributed by atoms with Crippen LogP contribution in [-0.2, 0) is 4.79 Å². The summed E-state index contributed by atoms with van der Waals surface area (Å²) in [6, 6.07) is 7.64. The zero-order valence-corrected chi connectivity index (χ0v) is 12.6. The van der Waals surface area contributed by atoms with E-state index < -0.39 is 0 Å². The van der Waals surface area contributed by atoms with Gasteiger partial charge in [0.05, 0.1) is 0 Å². The van der Waals surface area contributed by atoms with Crippen LogP contribution in [0.3, 0.4) is 0 Å². The summed E-state index contributed by atoms with van der Waals surface area (Å²) in [7, 11) is 0. The van der Waals surface area contributed by atoms with Gasteiger partial charge in [-0.3, -0.25) is 4.79 Å². The van der Waals surface area contributed by atoms with Crippen LogP contribution in [0.2, 0.25) is 5.02 Å². The van der Waals surface area contributed by atoms with Gasteiger partial charge in [-0.15, -0.1) is 24.2 Å². The molecule has 3 nitrogen and oxygen atoms in total. The molecule has 1 amide bonds. The van der Waals surface area contributed by atoms with Crippen LogP contribution in [0.25, 0.3) is 0 Å². The van der Waals surface area contributed by atoms with Crippen molar-refractivity contribution in [3.8, 4) is 0 Å². The molecule has 3 N–H and O–H groups in total. The highest BCUT2D eigenvalue weighted by Crippen LogP contribution is 2.20. The van der Waals surface area contributed by atoms with E-state index in [2.05, 4.69) is 5.32 Å². The number of nitrogens with one attached hydrogen (secondary N) is 1. The van der Waals surface area contributed by atoms with Gasteiger partial charge in [0.15, 0.2) is 0 Å². The van der Waals surface area contributed by atoms with Crippen LogP contribution in [0.5, 0.6) is 0 Å². The van der Waals surface area contributed by atoms with Crippen LogP contribution in [0.1, 0.15) is 13.3 Å². The standard InChI is InChI=1S/C12H17ClN2OS.ClH/c1-9(8-14)15-12(16)6-7-17-11-4-2-10(13)3-5-11;/h2-5,9H,6-8,14H2,1H3,(H,15,16);1H/t9-;/m0./s1. The Morgan fingerprint density at radius 2 is 2.06 bits per heavy atom. The van der Waals surface area contributed by atoms with E-state index in [1.165, 1.54) is 0 Å². The summed E-state index contributed by atoms with van der Waals surface area (Å²) in [6.07, 6.45) is 0.498. The number of nitrogens with two attached hydrogens (primary N) is 1. The zero-order chi connectivity index (χ0) is 12.7. The molecule has 0 unspecified atom stereocenters. The van der Waals surface area contributed by atoms with Crippen molar-refractivity contribution in [2.24, 2.45) is 5.73 Å². The highest BCUT2D eigenvalue weighted by atomic mass is 35.5. The van der Waals surface area contributed by atoms with Gasteiger partial charge in [0, 0.05) is 34.7 Å². The summed E-state index contributed by atoms with van der Waals surface area (Å²) < 4.78 is 0. The first-order valence-corrected chi connectivity index (χ1v) is 6.86. The Bertz CT molecular complexity index is 360. The molecule has 0 heterocycles. The molecule has 0 aliphatic rings. The minimum Gasteiger partial charge on any atom is -0.352 e. The van der Waals surface area contributed by atoms with Gasteiger partial charge in [0.1, 0.15) is 0 Å². The summed E-state index contributed by atoms with van der Waals surface area (Å²) in [5.41, 5.74) is 5.42. The lowest BCUT2D eigenvalue weighted by Gasteiger charge is -2.10. The Kier molecular flexibility index (Phi) is 9.28. The molecule has 0 radical (unpaired) electrons. The predicted molar refractivity (Wildman–Crippen MR) is 80.7 cm³/mol. The fraction of sp³-hybridized carbons (Fsp3) is 0.417. The maximum Gasteiger partial charge on any atom is 0.221 e. The number of amides is 1. The lowest BCUT2D eigenvalue weighted by Crippen LogP contribution is -2.37. The van der Waals surface area contributed by atoms with Gasteiger partial charge in [0.2, 0.25) is 5.91 Å². The molecule has 0 aromatic heterocycles. The molecule has 0 spiro atoms. The molecule has 1 rings (SSSR count). The van der Waals surface area contributed by atoms with Crippen molar-refractivity contribution >= 4 is 41.7 Å². The van der Waals surface area contributed by atoms with Crippen molar-refractivity contribution in [1.82, 2.24) is 5.32 Å². The Morgan fingerprint density at radius 1 is 1.44 bits per heavy atom. The van der Waals surface area contributed by atoms with Crippen molar-refractivity contribution in [1.29, 1.82) is 0 Å². The first-order valence-electron chi connectivity index (χ1n) is 5.49. The van der Waals surface area contributed by atoms with Crippen LogP contribution >= 0.6 is 35.8 Å². The van der Waals surface area contributed by atoms with Gasteiger partial charge in [-0.2, -0.15) is 0 Å². The minimum absolute atomic E-state index is 0. The predicted octanol–water partition coefficient (Wildman–Crippen LogP) is 2.71. The van der Waals surface area contributed by atoms with Crippen LogP contribution < -0.4 is 11.1 Å². The van der Waals surface area contributed by atoms with E-state index in [9.17, 15) is 4.79 Å². The van der Waals surface area contributed by atoms with Crippen molar-refractivity contribution in [2.45, 2.75) is 24.3 Å². The first-order chi connectivity index (χ1) is 8.11. The summed E-state index contributed by atoms with van der Waals surface area (Å²) in [5.74, 6) is 0.800. The average Bonchev–Trinajstić information content (AvgIpc) is 2.31. The molecule has 18 heavy (non-hydrogen) atoms. The number of hydrogen-bond acceptors (Lipinski definition) is 3. The van der Waals surface area contributed by atoms with E-state index in [0.717, 1.165) is 15.7 Å². The maximum absolute atomic E-state index is 11.5. The minimum atomic E-state index is 0. The molecule has 6 heteroatoms. The Balaban J connectivity index is 0.00000289. The van der Waals surface area contributed by atoms with Crippen molar-refractivity contribution in [2.75, 3.05) is 12.3 Å². The van der Waals surface area contributed by atoms with Gasteiger partial charge >= 0.3 is 0 Å². The normalized spacial score (nSPS) is 11.5. The topological polar surface area (TPSA) is 55.1 Å². The van der Waals surface area contributed by atoms with Gasteiger partial charge in [0.25, 0.3) is 0 Å². The summed E-state index contributed by atoms with van der Waals surface area (Å²) in [6.45, 7) is 2.36. The molecule has 0 saturated carbocycles. The van der Waals surface area contributed by atoms with Crippen LogP contribution in [-0.4, -0.2) is 24.2 Å². The van der Waals surface area contributed by atoms with E-state index in [-0.39, 0.29) is 24.4 Å². The second-order valence-electron chi connectivity index (χ2n) is 3.76. The molecule has 0 aliphatic heterocycles. The third kappa shape index (κ3) is 7.11. The second kappa shape index (κ2) is 9.50. The molecule has 102 valence electrons. The molecule has 1 aromatic carbocycles. The molecular formula is C12H18Cl2N2OS. The lowest BCUT2D eigenvalue weighted by atomic mass is 10.3. The van der Waals surface area contributed by atoms with Crippen molar-refractivity contribution in [3.05, 3.63) is 29.3 Å². The number of halogens is 2. The van der Waals surface area contributed by atoms with E-state index in [4.69, 9.17) is 17.3 Å². The van der Waals surface area contributed by atoms with Gasteiger partial charge in [-0.05, 0) is 31.2 Å². The van der Waals surface area contributed by atoms with Crippen LogP contribution in [0.15, 0.2) is 29.2 Å². The molecule has 1 atom stereocenters. The largest absolute Gasteiger partial charge is 0.352 e. The smallest absolute Gasteiger partial charge is 0.221 e. The van der Waals surface area contributed by atoms with E-state index in [1.807, 2.05) is 31.2 Å². The first kappa shape index (κ1) is 17.6.